The van der Waals surface area contributed by atoms with Crippen molar-refractivity contribution in [3.05, 3.63) is 54.1 Å². The quantitative estimate of drug-likeness (QED) is 0.483. The first-order valence-corrected chi connectivity index (χ1v) is 13.2. The fourth-order valence-corrected chi connectivity index (χ4v) is 5.86. The number of benzene rings is 1. The van der Waals surface area contributed by atoms with Gasteiger partial charge in [0.15, 0.2) is 0 Å². The van der Waals surface area contributed by atoms with E-state index in [0.29, 0.717) is 6.54 Å². The Morgan fingerprint density at radius 2 is 1.36 bits per heavy atom. The number of fused-ring (bicyclic) bond motifs is 1. The van der Waals surface area contributed by atoms with Crippen LogP contribution in [0.3, 0.4) is 0 Å². The van der Waals surface area contributed by atoms with E-state index in [1.807, 2.05) is 30.1 Å². The Hall–Kier alpha value is -4.02. The standard InChI is InChI=1S/C23H28FN5O.2C2HF3O2/c1-27-12-9-23(20(27)30)17-29(21-25-10-2-11-26-21)16-22(23)7-13-28(14-8-22)15-18-3-5-19(24)6-4-18;2*3-2(4,5)1(6)7/h2-6,10-11H,7-9,12-17H2,1H3;2*(H,6,7). The lowest BCUT2D eigenvalue weighted by Crippen LogP contribution is -2.52. The fourth-order valence-electron chi connectivity index (χ4n) is 5.86. The maximum atomic E-state index is 13.4. The molecule has 1 amide bonds. The average molecular weight is 638 g/mol. The lowest BCUT2D eigenvalue weighted by Gasteiger charge is -2.46. The summed E-state index contributed by atoms with van der Waals surface area (Å²) in [6, 6.07) is 8.60. The van der Waals surface area contributed by atoms with Crippen LogP contribution in [0.15, 0.2) is 42.7 Å². The number of aliphatic carboxylic acids is 2. The summed E-state index contributed by atoms with van der Waals surface area (Å²) in [6.45, 7) is 5.07. The Balaban J connectivity index is 0.000000317. The number of rotatable bonds is 3. The van der Waals surface area contributed by atoms with Gasteiger partial charge in [0, 0.05) is 51.0 Å². The number of carbonyl (C=O) groups excluding carboxylic acids is 1. The van der Waals surface area contributed by atoms with Gasteiger partial charge in [-0.3, -0.25) is 9.69 Å². The molecule has 2 N–H and O–H groups in total. The van der Waals surface area contributed by atoms with Crippen molar-refractivity contribution in [1.29, 1.82) is 0 Å². The summed E-state index contributed by atoms with van der Waals surface area (Å²) in [4.78, 5) is 46.7. The van der Waals surface area contributed by atoms with E-state index in [4.69, 9.17) is 19.8 Å². The first-order chi connectivity index (χ1) is 20.4. The van der Waals surface area contributed by atoms with E-state index in [0.717, 1.165) is 63.5 Å². The second-order valence-electron chi connectivity index (χ2n) is 10.8. The second-order valence-corrected chi connectivity index (χ2v) is 10.8. The van der Waals surface area contributed by atoms with Crippen LogP contribution >= 0.6 is 0 Å². The van der Waals surface area contributed by atoms with Crippen molar-refractivity contribution in [1.82, 2.24) is 19.8 Å². The molecule has 10 nitrogen and oxygen atoms in total. The van der Waals surface area contributed by atoms with Gasteiger partial charge in [0.25, 0.3) is 0 Å². The van der Waals surface area contributed by atoms with Gasteiger partial charge in [-0.2, -0.15) is 26.3 Å². The van der Waals surface area contributed by atoms with Crippen LogP contribution in [-0.2, 0) is 20.9 Å². The average Bonchev–Trinajstić information content (AvgIpc) is 3.43. The number of hydrogen-bond acceptors (Lipinski definition) is 7. The van der Waals surface area contributed by atoms with Crippen molar-refractivity contribution in [2.24, 2.45) is 10.8 Å². The zero-order valence-electron chi connectivity index (χ0n) is 23.4. The maximum Gasteiger partial charge on any atom is 0.490 e. The van der Waals surface area contributed by atoms with Crippen LogP contribution in [0.2, 0.25) is 0 Å². The molecule has 4 heterocycles. The van der Waals surface area contributed by atoms with Crippen molar-refractivity contribution in [3.8, 4) is 0 Å². The SMILES string of the molecule is CN1CCC2(CN(c3ncccn3)CC23CCN(Cc2ccc(F)cc2)CC3)C1=O.O=C(O)C(F)(F)F.O=C(O)C(F)(F)F. The van der Waals surface area contributed by atoms with Gasteiger partial charge in [0.2, 0.25) is 11.9 Å². The Morgan fingerprint density at radius 1 is 0.864 bits per heavy atom. The van der Waals surface area contributed by atoms with Crippen LogP contribution in [0.4, 0.5) is 36.7 Å². The number of carbonyl (C=O) groups is 3. The largest absolute Gasteiger partial charge is 0.490 e. The van der Waals surface area contributed by atoms with Gasteiger partial charge in [-0.25, -0.2) is 23.9 Å². The zero-order valence-corrected chi connectivity index (χ0v) is 23.4. The highest BCUT2D eigenvalue weighted by molar-refractivity contribution is 5.87. The Morgan fingerprint density at radius 3 is 1.80 bits per heavy atom. The minimum absolute atomic E-state index is 0.0483. The molecule has 1 aromatic heterocycles. The van der Waals surface area contributed by atoms with Crippen LogP contribution in [0.5, 0.6) is 0 Å². The van der Waals surface area contributed by atoms with E-state index in [-0.39, 0.29) is 22.6 Å². The van der Waals surface area contributed by atoms with Crippen LogP contribution in [-0.4, -0.2) is 100.0 Å². The van der Waals surface area contributed by atoms with Crippen molar-refractivity contribution in [2.75, 3.05) is 44.7 Å². The highest BCUT2D eigenvalue weighted by atomic mass is 19.4. The highest BCUT2D eigenvalue weighted by Gasteiger charge is 2.65. The maximum absolute atomic E-state index is 13.4. The summed E-state index contributed by atoms with van der Waals surface area (Å²) < 4.78 is 76.7. The number of nitrogens with zero attached hydrogens (tertiary/aromatic N) is 5. The van der Waals surface area contributed by atoms with Gasteiger partial charge in [-0.15, -0.1) is 0 Å². The molecular formula is C27H30F7N5O5. The summed E-state index contributed by atoms with van der Waals surface area (Å²) in [7, 11) is 1.93. The lowest BCUT2D eigenvalue weighted by atomic mass is 9.60. The van der Waals surface area contributed by atoms with Crippen LogP contribution < -0.4 is 4.90 Å². The summed E-state index contributed by atoms with van der Waals surface area (Å²) >= 11 is 0. The van der Waals surface area contributed by atoms with Crippen LogP contribution in [0.1, 0.15) is 24.8 Å². The van der Waals surface area contributed by atoms with Gasteiger partial charge in [-0.05, 0) is 56.1 Å². The van der Waals surface area contributed by atoms with E-state index < -0.39 is 24.3 Å². The molecule has 3 saturated heterocycles. The van der Waals surface area contributed by atoms with Gasteiger partial charge in [0.05, 0.1) is 5.41 Å². The topological polar surface area (TPSA) is 127 Å². The number of piperidine rings is 1. The molecule has 2 aromatic rings. The van der Waals surface area contributed by atoms with Gasteiger partial charge in [0.1, 0.15) is 5.82 Å². The Bertz CT molecular complexity index is 1280. The number of likely N-dealkylation sites (tertiary alicyclic amines) is 2. The molecule has 1 atom stereocenters. The predicted octanol–water partition coefficient (Wildman–Crippen LogP) is 3.83. The number of carboxylic acids is 2. The second kappa shape index (κ2) is 13.3. The third-order valence-electron chi connectivity index (χ3n) is 8.05. The molecule has 2 spiro atoms. The van der Waals surface area contributed by atoms with Crippen LogP contribution in [0, 0.1) is 16.6 Å². The molecule has 1 unspecified atom stereocenters. The number of aromatic nitrogens is 2. The molecule has 5 rings (SSSR count). The Kier molecular flexibility index (Phi) is 10.4. The van der Waals surface area contributed by atoms with Crippen LogP contribution in [0.25, 0.3) is 0 Å². The molecule has 0 aliphatic carbocycles. The van der Waals surface area contributed by atoms with E-state index in [1.165, 1.54) is 12.1 Å². The number of amides is 1. The van der Waals surface area contributed by atoms with Crippen molar-refractivity contribution < 1.29 is 55.3 Å². The molecule has 3 aliphatic heterocycles. The Labute approximate surface area is 247 Å². The van der Waals surface area contributed by atoms with E-state index in [9.17, 15) is 35.5 Å². The highest BCUT2D eigenvalue weighted by Crippen LogP contribution is 2.58. The van der Waals surface area contributed by atoms with Crippen molar-refractivity contribution >= 4 is 23.8 Å². The minimum atomic E-state index is -5.08. The van der Waals surface area contributed by atoms with Crippen molar-refractivity contribution in [3.63, 3.8) is 0 Å². The van der Waals surface area contributed by atoms with Gasteiger partial charge >= 0.3 is 24.3 Å². The molecule has 0 radical (unpaired) electrons. The van der Waals surface area contributed by atoms with E-state index in [1.54, 1.807) is 12.4 Å². The predicted molar refractivity (Wildman–Crippen MR) is 140 cm³/mol. The third kappa shape index (κ3) is 7.92. The number of alkyl halides is 6. The zero-order chi connectivity index (χ0) is 32.9. The van der Waals surface area contributed by atoms with Gasteiger partial charge in [-0.1, -0.05) is 12.1 Å². The first kappa shape index (κ1) is 34.5. The summed E-state index contributed by atoms with van der Waals surface area (Å²) in [5.74, 6) is -4.70. The summed E-state index contributed by atoms with van der Waals surface area (Å²) in [5, 5.41) is 14.2. The first-order valence-electron chi connectivity index (χ1n) is 13.2. The molecule has 0 bridgehead atoms. The summed E-state index contributed by atoms with van der Waals surface area (Å²) in [6.07, 6.45) is -3.75. The normalized spacial score (nSPS) is 21.5. The number of hydrogen-bond donors (Lipinski definition) is 2. The number of anilines is 1. The van der Waals surface area contributed by atoms with Crippen molar-refractivity contribution in [2.45, 2.75) is 38.2 Å². The third-order valence-corrected chi connectivity index (χ3v) is 8.05. The fraction of sp³-hybridized carbons (Fsp3) is 0.519. The van der Waals surface area contributed by atoms with Gasteiger partial charge < -0.3 is 20.0 Å². The number of halogens is 7. The molecule has 0 saturated carbocycles. The monoisotopic (exact) mass is 637 g/mol. The molecule has 3 fully saturated rings. The number of carboxylic acid groups (broad SMARTS) is 2. The van der Waals surface area contributed by atoms with E-state index in [2.05, 4.69) is 19.8 Å². The molecule has 3 aliphatic rings. The summed E-state index contributed by atoms with van der Waals surface area (Å²) in [5.41, 5.74) is 0.737. The molecular weight excluding hydrogens is 607 g/mol. The smallest absolute Gasteiger partial charge is 0.475 e. The minimum Gasteiger partial charge on any atom is -0.475 e. The molecule has 1 aromatic carbocycles. The van der Waals surface area contributed by atoms with E-state index >= 15 is 0 Å². The molecule has 242 valence electrons. The molecule has 17 heteroatoms. The lowest BCUT2D eigenvalue weighted by molar-refractivity contribution is -0.193. The molecule has 44 heavy (non-hydrogen) atoms.